The Bertz CT molecular complexity index is 462. The Balaban J connectivity index is 0.000000963. The maximum Gasteiger partial charge on any atom is 0.156 e. The van der Waals surface area contributed by atoms with Gasteiger partial charge in [0.25, 0.3) is 0 Å². The lowest BCUT2D eigenvalue weighted by Crippen LogP contribution is -2.26. The van der Waals surface area contributed by atoms with Gasteiger partial charge >= 0.3 is 0 Å². The molecule has 1 aliphatic heterocycles. The highest BCUT2D eigenvalue weighted by atomic mass is 35.5. The summed E-state index contributed by atoms with van der Waals surface area (Å²) in [5, 5.41) is 3.38. The molecule has 2 N–H and O–H groups in total. The number of nitrogens with zero attached hydrogens (tertiary/aromatic N) is 2. The number of fused-ring (bicyclic) bond motifs is 1. The van der Waals surface area contributed by atoms with E-state index in [1.807, 2.05) is 0 Å². The molecule has 1 saturated heterocycles. The van der Waals surface area contributed by atoms with Crippen molar-refractivity contribution in [2.24, 2.45) is 0 Å². The molecule has 0 amide bonds. The van der Waals surface area contributed by atoms with Crippen molar-refractivity contribution in [3.63, 3.8) is 0 Å². The van der Waals surface area contributed by atoms with Crippen LogP contribution in [-0.2, 0) is 0 Å². The van der Waals surface area contributed by atoms with Gasteiger partial charge in [-0.15, -0.1) is 12.4 Å². The molecule has 0 atom stereocenters. The number of hydrogen-bond donors (Lipinski definition) is 2. The first kappa shape index (κ1) is 11.4. The molecule has 0 bridgehead atoms. The molecule has 0 radical (unpaired) electrons. The Kier molecular flexibility index (Phi) is 3.41. The van der Waals surface area contributed by atoms with Crippen LogP contribution in [0.15, 0.2) is 18.6 Å². The van der Waals surface area contributed by atoms with E-state index in [9.17, 15) is 0 Å². The molecule has 3 rings (SSSR count). The quantitative estimate of drug-likeness (QED) is 0.797. The fourth-order valence-electron chi connectivity index (χ4n) is 2.31. The fraction of sp³-hybridized carbons (Fsp3) is 0.455. The minimum atomic E-state index is 0. The standard InChI is InChI=1S/C11H14N4.ClH/c1-3-12-4-2-8(1)9-7-15-11-10(9)13-5-6-14-11;/h5-8,12H,1-4H2,(H,14,15);1H. The predicted molar refractivity (Wildman–Crippen MR) is 66.0 cm³/mol. The van der Waals surface area contributed by atoms with Crippen LogP contribution in [0.5, 0.6) is 0 Å². The number of halogens is 1. The summed E-state index contributed by atoms with van der Waals surface area (Å²) in [7, 11) is 0. The lowest BCUT2D eigenvalue weighted by Gasteiger charge is -2.21. The number of H-pyrrole nitrogens is 1. The molecule has 0 aromatic carbocycles. The van der Waals surface area contributed by atoms with Crippen molar-refractivity contribution in [1.29, 1.82) is 0 Å². The van der Waals surface area contributed by atoms with E-state index in [4.69, 9.17) is 0 Å². The first-order chi connectivity index (χ1) is 7.45. The molecule has 0 spiro atoms. The highest BCUT2D eigenvalue weighted by Crippen LogP contribution is 2.29. The first-order valence-electron chi connectivity index (χ1n) is 5.44. The van der Waals surface area contributed by atoms with Gasteiger partial charge in [0.15, 0.2) is 5.65 Å². The van der Waals surface area contributed by atoms with Gasteiger partial charge in [-0.1, -0.05) is 0 Å². The molecule has 5 heteroatoms. The van der Waals surface area contributed by atoms with E-state index in [1.165, 1.54) is 18.4 Å². The molecule has 1 aliphatic rings. The summed E-state index contributed by atoms with van der Waals surface area (Å²) < 4.78 is 0. The number of hydrogen-bond acceptors (Lipinski definition) is 3. The molecule has 2 aromatic rings. The summed E-state index contributed by atoms with van der Waals surface area (Å²) in [6.45, 7) is 2.22. The SMILES string of the molecule is Cl.c1cnc2c(C3CCNCC3)c[nH]c2n1. The zero-order chi connectivity index (χ0) is 10.1. The monoisotopic (exact) mass is 238 g/mol. The van der Waals surface area contributed by atoms with Gasteiger partial charge in [0, 0.05) is 24.2 Å². The second kappa shape index (κ2) is 4.80. The van der Waals surface area contributed by atoms with Crippen LogP contribution in [0, 0.1) is 0 Å². The summed E-state index contributed by atoms with van der Waals surface area (Å²) in [6.07, 6.45) is 7.96. The van der Waals surface area contributed by atoms with Crippen LogP contribution >= 0.6 is 12.4 Å². The molecular formula is C11H15ClN4. The molecule has 1 fully saturated rings. The highest BCUT2D eigenvalue weighted by molar-refractivity contribution is 5.85. The second-order valence-corrected chi connectivity index (χ2v) is 4.02. The largest absolute Gasteiger partial charge is 0.345 e. The van der Waals surface area contributed by atoms with Crippen LogP contribution in [-0.4, -0.2) is 28.0 Å². The lowest BCUT2D eigenvalue weighted by molar-refractivity contribution is 0.462. The second-order valence-electron chi connectivity index (χ2n) is 4.02. The van der Waals surface area contributed by atoms with Gasteiger partial charge < -0.3 is 10.3 Å². The van der Waals surface area contributed by atoms with E-state index in [2.05, 4.69) is 26.5 Å². The topological polar surface area (TPSA) is 53.6 Å². The first-order valence-corrected chi connectivity index (χ1v) is 5.44. The summed E-state index contributed by atoms with van der Waals surface area (Å²) in [4.78, 5) is 11.9. The average Bonchev–Trinajstić information content (AvgIpc) is 2.74. The number of nitrogens with one attached hydrogen (secondary N) is 2. The Morgan fingerprint density at radius 3 is 2.69 bits per heavy atom. The number of piperidine rings is 1. The van der Waals surface area contributed by atoms with Gasteiger partial charge in [0.1, 0.15) is 5.52 Å². The van der Waals surface area contributed by atoms with Crippen molar-refractivity contribution in [3.8, 4) is 0 Å². The molecule has 0 aliphatic carbocycles. The third-order valence-corrected chi connectivity index (χ3v) is 3.12. The molecule has 3 heterocycles. The van der Waals surface area contributed by atoms with Crippen molar-refractivity contribution >= 4 is 23.6 Å². The van der Waals surface area contributed by atoms with Crippen LogP contribution in [0.4, 0.5) is 0 Å². The molecular weight excluding hydrogens is 224 g/mol. The summed E-state index contributed by atoms with van der Waals surface area (Å²) in [5.41, 5.74) is 3.29. The maximum atomic E-state index is 4.40. The van der Waals surface area contributed by atoms with E-state index in [0.29, 0.717) is 5.92 Å². The van der Waals surface area contributed by atoms with Gasteiger partial charge in [0.05, 0.1) is 0 Å². The Labute approximate surface area is 100 Å². The van der Waals surface area contributed by atoms with E-state index in [-0.39, 0.29) is 12.4 Å². The predicted octanol–water partition coefficient (Wildman–Crippen LogP) is 1.85. The van der Waals surface area contributed by atoms with E-state index in [0.717, 1.165) is 24.3 Å². The molecule has 4 nitrogen and oxygen atoms in total. The summed E-state index contributed by atoms with van der Waals surface area (Å²) >= 11 is 0. The van der Waals surface area contributed by atoms with Gasteiger partial charge in [-0.2, -0.15) is 0 Å². The molecule has 86 valence electrons. The normalized spacial score (nSPS) is 17.2. The van der Waals surface area contributed by atoms with Crippen LogP contribution in [0.1, 0.15) is 24.3 Å². The third-order valence-electron chi connectivity index (χ3n) is 3.12. The van der Waals surface area contributed by atoms with Crippen molar-refractivity contribution < 1.29 is 0 Å². The van der Waals surface area contributed by atoms with E-state index >= 15 is 0 Å². The van der Waals surface area contributed by atoms with Crippen LogP contribution < -0.4 is 5.32 Å². The molecule has 0 unspecified atom stereocenters. The zero-order valence-corrected chi connectivity index (χ0v) is 9.76. The number of rotatable bonds is 1. The summed E-state index contributed by atoms with van der Waals surface area (Å²) in [5.74, 6) is 0.636. The molecule has 16 heavy (non-hydrogen) atoms. The average molecular weight is 239 g/mol. The fourth-order valence-corrected chi connectivity index (χ4v) is 2.31. The molecule has 0 saturated carbocycles. The van der Waals surface area contributed by atoms with Crippen molar-refractivity contribution in [2.75, 3.05) is 13.1 Å². The summed E-state index contributed by atoms with van der Waals surface area (Å²) in [6, 6.07) is 0. The van der Waals surface area contributed by atoms with Crippen LogP contribution in [0.3, 0.4) is 0 Å². The van der Waals surface area contributed by atoms with E-state index in [1.54, 1.807) is 12.4 Å². The van der Waals surface area contributed by atoms with Gasteiger partial charge in [-0.3, -0.25) is 4.98 Å². The maximum absolute atomic E-state index is 4.40. The van der Waals surface area contributed by atoms with E-state index < -0.39 is 0 Å². The van der Waals surface area contributed by atoms with Gasteiger partial charge in [-0.25, -0.2) is 4.98 Å². The highest BCUT2D eigenvalue weighted by Gasteiger charge is 2.19. The zero-order valence-electron chi connectivity index (χ0n) is 8.94. The van der Waals surface area contributed by atoms with Crippen LogP contribution in [0.25, 0.3) is 11.2 Å². The lowest BCUT2D eigenvalue weighted by atomic mass is 9.91. The Hall–Kier alpha value is -1.13. The van der Waals surface area contributed by atoms with Crippen molar-refractivity contribution in [3.05, 3.63) is 24.2 Å². The van der Waals surface area contributed by atoms with Crippen molar-refractivity contribution in [1.82, 2.24) is 20.3 Å². The Morgan fingerprint density at radius 2 is 1.88 bits per heavy atom. The Morgan fingerprint density at radius 1 is 1.12 bits per heavy atom. The van der Waals surface area contributed by atoms with Gasteiger partial charge in [-0.05, 0) is 31.8 Å². The minimum absolute atomic E-state index is 0. The van der Waals surface area contributed by atoms with Gasteiger partial charge in [0.2, 0.25) is 0 Å². The van der Waals surface area contributed by atoms with Crippen molar-refractivity contribution in [2.45, 2.75) is 18.8 Å². The molecule has 2 aromatic heterocycles. The smallest absolute Gasteiger partial charge is 0.156 e. The number of aromatic nitrogens is 3. The van der Waals surface area contributed by atoms with Crippen LogP contribution in [0.2, 0.25) is 0 Å². The minimum Gasteiger partial charge on any atom is -0.345 e. The third kappa shape index (κ3) is 1.90. The number of aromatic amines is 1.